The van der Waals surface area contributed by atoms with Crippen molar-refractivity contribution >= 4 is 5.71 Å². The van der Waals surface area contributed by atoms with Crippen LogP contribution in [-0.4, -0.2) is 12.3 Å². The summed E-state index contributed by atoms with van der Waals surface area (Å²) in [6, 6.07) is 17.2. The van der Waals surface area contributed by atoms with E-state index in [1.165, 1.54) is 16.7 Å². The van der Waals surface area contributed by atoms with Crippen LogP contribution in [0.3, 0.4) is 0 Å². The van der Waals surface area contributed by atoms with Crippen LogP contribution >= 0.6 is 0 Å². The predicted molar refractivity (Wildman–Crippen MR) is 91.3 cm³/mol. The van der Waals surface area contributed by atoms with Crippen LogP contribution in [0.5, 0.6) is 0 Å². The number of nitrogens with zero attached hydrogens (tertiary/aromatic N) is 3. The number of hydrogen-bond acceptors (Lipinski definition) is 3. The van der Waals surface area contributed by atoms with Crippen LogP contribution < -0.4 is 0 Å². The number of rotatable bonds is 3. The van der Waals surface area contributed by atoms with Crippen molar-refractivity contribution in [3.63, 3.8) is 0 Å². The van der Waals surface area contributed by atoms with Gasteiger partial charge in [-0.1, -0.05) is 69.3 Å². The highest BCUT2D eigenvalue weighted by Gasteiger charge is 2.14. The zero-order valence-electron chi connectivity index (χ0n) is 13.4. The summed E-state index contributed by atoms with van der Waals surface area (Å²) in [5.41, 5.74) is 6.14. The highest BCUT2D eigenvalue weighted by Crippen LogP contribution is 2.27. The van der Waals surface area contributed by atoms with E-state index in [2.05, 4.69) is 78.7 Å². The Morgan fingerprint density at radius 2 is 1.59 bits per heavy atom. The van der Waals surface area contributed by atoms with Crippen molar-refractivity contribution in [2.45, 2.75) is 27.2 Å². The Hall–Kier alpha value is -2.29. The van der Waals surface area contributed by atoms with Crippen LogP contribution in [0.25, 0.3) is 11.1 Å². The van der Waals surface area contributed by atoms with E-state index in [0.717, 1.165) is 17.7 Å². The van der Waals surface area contributed by atoms with E-state index < -0.39 is 0 Å². The quantitative estimate of drug-likeness (QED) is 0.753. The predicted octanol–water partition coefficient (Wildman–Crippen LogP) is 5.11. The standard InChI is InChI=1S/C19H21N3/c1-19(2,3)12-14-8-10-15(11-9-14)16-6-4-5-7-17(16)18-13-20-22-21-18/h4-11H,12-13H2,1-3H3. The fourth-order valence-electron chi connectivity index (χ4n) is 2.76. The molecule has 3 rings (SSSR count). The van der Waals surface area contributed by atoms with Crippen LogP contribution in [0, 0.1) is 5.41 Å². The second-order valence-corrected chi connectivity index (χ2v) is 6.92. The lowest BCUT2D eigenvalue weighted by atomic mass is 9.87. The molecule has 1 heterocycles. The second kappa shape index (κ2) is 5.84. The third-order valence-corrected chi connectivity index (χ3v) is 3.69. The lowest BCUT2D eigenvalue weighted by Gasteiger charge is -2.18. The molecule has 3 heteroatoms. The summed E-state index contributed by atoms with van der Waals surface area (Å²) in [7, 11) is 0. The number of hydrogen-bond donors (Lipinski definition) is 0. The van der Waals surface area contributed by atoms with Gasteiger partial charge in [0.15, 0.2) is 0 Å². The smallest absolute Gasteiger partial charge is 0.107 e. The Bertz CT molecular complexity index is 719. The normalized spacial score (nSPS) is 14.2. The van der Waals surface area contributed by atoms with Crippen molar-refractivity contribution in [2.24, 2.45) is 20.9 Å². The molecule has 1 aliphatic rings. The first-order valence-electron chi connectivity index (χ1n) is 7.65. The molecule has 112 valence electrons. The van der Waals surface area contributed by atoms with Crippen LogP contribution in [-0.2, 0) is 6.42 Å². The third kappa shape index (κ3) is 3.30. The molecule has 0 bridgehead atoms. The van der Waals surface area contributed by atoms with Gasteiger partial charge in [0.25, 0.3) is 0 Å². The van der Waals surface area contributed by atoms with E-state index in [1.807, 2.05) is 6.07 Å². The monoisotopic (exact) mass is 291 g/mol. The molecule has 22 heavy (non-hydrogen) atoms. The van der Waals surface area contributed by atoms with Gasteiger partial charge in [-0.15, -0.1) is 5.10 Å². The minimum atomic E-state index is 0.307. The molecule has 0 fully saturated rings. The van der Waals surface area contributed by atoms with Crippen LogP contribution in [0.1, 0.15) is 31.9 Å². The maximum Gasteiger partial charge on any atom is 0.107 e. The minimum Gasteiger partial charge on any atom is -0.162 e. The maximum atomic E-state index is 4.13. The van der Waals surface area contributed by atoms with Gasteiger partial charge in [-0.05, 0) is 33.7 Å². The molecular weight excluding hydrogens is 270 g/mol. The van der Waals surface area contributed by atoms with Crippen LogP contribution in [0.2, 0.25) is 0 Å². The molecule has 1 aliphatic heterocycles. The molecule has 0 spiro atoms. The fraction of sp³-hybridized carbons (Fsp3) is 0.316. The van der Waals surface area contributed by atoms with Gasteiger partial charge in [0.1, 0.15) is 6.54 Å². The Kier molecular flexibility index (Phi) is 3.88. The Morgan fingerprint density at radius 1 is 0.909 bits per heavy atom. The first-order chi connectivity index (χ1) is 10.5. The van der Waals surface area contributed by atoms with Gasteiger partial charge in [-0.2, -0.15) is 5.11 Å². The highest BCUT2D eigenvalue weighted by atomic mass is 15.4. The first-order valence-corrected chi connectivity index (χ1v) is 7.65. The van der Waals surface area contributed by atoms with E-state index in [-0.39, 0.29) is 0 Å². The van der Waals surface area contributed by atoms with Gasteiger partial charge in [0.05, 0.1) is 5.71 Å². The second-order valence-electron chi connectivity index (χ2n) is 6.92. The third-order valence-electron chi connectivity index (χ3n) is 3.69. The molecule has 2 aromatic rings. The van der Waals surface area contributed by atoms with Crippen molar-refractivity contribution in [3.8, 4) is 11.1 Å². The SMILES string of the molecule is CC(C)(C)Cc1ccc(-c2ccccc2C2=NN=NC2)cc1. The van der Waals surface area contributed by atoms with Crippen LogP contribution in [0.15, 0.2) is 64.0 Å². The summed E-state index contributed by atoms with van der Waals surface area (Å²) in [5, 5.41) is 11.8. The summed E-state index contributed by atoms with van der Waals surface area (Å²) in [6.07, 6.45) is 1.08. The van der Waals surface area contributed by atoms with E-state index in [9.17, 15) is 0 Å². The molecule has 0 N–H and O–H groups in total. The molecule has 0 radical (unpaired) electrons. The van der Waals surface area contributed by atoms with Crippen molar-refractivity contribution in [1.82, 2.24) is 0 Å². The Labute approximate surface area is 131 Å². The Morgan fingerprint density at radius 3 is 2.18 bits per heavy atom. The Balaban J connectivity index is 1.92. The molecule has 0 saturated heterocycles. The van der Waals surface area contributed by atoms with Gasteiger partial charge < -0.3 is 0 Å². The van der Waals surface area contributed by atoms with Gasteiger partial charge in [0.2, 0.25) is 0 Å². The molecule has 0 amide bonds. The summed E-state index contributed by atoms with van der Waals surface area (Å²) < 4.78 is 0. The van der Waals surface area contributed by atoms with E-state index in [4.69, 9.17) is 0 Å². The van der Waals surface area contributed by atoms with Gasteiger partial charge >= 0.3 is 0 Å². The fourth-order valence-corrected chi connectivity index (χ4v) is 2.76. The first kappa shape index (κ1) is 14.6. The average molecular weight is 291 g/mol. The van der Waals surface area contributed by atoms with E-state index >= 15 is 0 Å². The van der Waals surface area contributed by atoms with E-state index in [1.54, 1.807) is 0 Å². The molecule has 0 atom stereocenters. The van der Waals surface area contributed by atoms with Crippen molar-refractivity contribution in [1.29, 1.82) is 0 Å². The summed E-state index contributed by atoms with van der Waals surface area (Å²) in [5.74, 6) is 0. The average Bonchev–Trinajstić information content (AvgIpc) is 3.00. The van der Waals surface area contributed by atoms with E-state index in [0.29, 0.717) is 12.0 Å². The van der Waals surface area contributed by atoms with Crippen molar-refractivity contribution in [2.75, 3.05) is 6.54 Å². The molecule has 3 nitrogen and oxygen atoms in total. The molecule has 2 aromatic carbocycles. The largest absolute Gasteiger partial charge is 0.162 e. The minimum absolute atomic E-state index is 0.307. The molecular formula is C19H21N3. The summed E-state index contributed by atoms with van der Waals surface area (Å²) in [4.78, 5) is 0. The molecule has 0 aliphatic carbocycles. The van der Waals surface area contributed by atoms with Gasteiger partial charge in [0, 0.05) is 5.56 Å². The van der Waals surface area contributed by atoms with Gasteiger partial charge in [-0.25, -0.2) is 0 Å². The highest BCUT2D eigenvalue weighted by molar-refractivity contribution is 6.07. The van der Waals surface area contributed by atoms with Crippen molar-refractivity contribution in [3.05, 3.63) is 59.7 Å². The zero-order valence-corrected chi connectivity index (χ0v) is 13.4. The maximum absolute atomic E-state index is 4.13. The van der Waals surface area contributed by atoms with Gasteiger partial charge in [-0.3, -0.25) is 0 Å². The zero-order chi connectivity index (χ0) is 15.6. The van der Waals surface area contributed by atoms with Crippen molar-refractivity contribution < 1.29 is 0 Å². The summed E-state index contributed by atoms with van der Waals surface area (Å²) in [6.45, 7) is 7.36. The topological polar surface area (TPSA) is 37.1 Å². The number of benzene rings is 2. The lowest BCUT2D eigenvalue weighted by molar-refractivity contribution is 0.411. The van der Waals surface area contributed by atoms with Crippen LogP contribution in [0.4, 0.5) is 0 Å². The molecule has 0 unspecified atom stereocenters. The summed E-state index contributed by atoms with van der Waals surface area (Å²) >= 11 is 0. The molecule has 0 aromatic heterocycles. The molecule has 0 saturated carbocycles. The lowest BCUT2D eigenvalue weighted by Crippen LogP contribution is -2.09.